The standard InChI is InChI=1S/C14H16BrNO5/c1-20-13(18)8-16(9-14(19)21-2)12(17)7-10-4-3-5-11(15)6-10/h3-6H,7-9H2,1-2H3. The topological polar surface area (TPSA) is 72.9 Å². The van der Waals surface area contributed by atoms with E-state index in [9.17, 15) is 14.4 Å². The molecule has 1 aromatic rings. The molecule has 0 saturated carbocycles. The van der Waals surface area contributed by atoms with Gasteiger partial charge in [-0.25, -0.2) is 0 Å². The highest BCUT2D eigenvalue weighted by Crippen LogP contribution is 2.13. The lowest BCUT2D eigenvalue weighted by atomic mass is 10.1. The predicted molar refractivity (Wildman–Crippen MR) is 78.5 cm³/mol. The number of rotatable bonds is 6. The van der Waals surface area contributed by atoms with E-state index < -0.39 is 11.9 Å². The third-order valence-electron chi connectivity index (χ3n) is 2.69. The largest absolute Gasteiger partial charge is 0.468 e. The Hall–Kier alpha value is -1.89. The van der Waals surface area contributed by atoms with Crippen LogP contribution in [0.1, 0.15) is 5.56 Å². The fourth-order valence-corrected chi connectivity index (χ4v) is 2.05. The van der Waals surface area contributed by atoms with Gasteiger partial charge >= 0.3 is 11.9 Å². The van der Waals surface area contributed by atoms with Crippen molar-refractivity contribution in [3.8, 4) is 0 Å². The Morgan fingerprint density at radius 1 is 1.10 bits per heavy atom. The number of carbonyl (C=O) groups is 3. The summed E-state index contributed by atoms with van der Waals surface area (Å²) in [5.41, 5.74) is 0.772. The van der Waals surface area contributed by atoms with Crippen LogP contribution in [0.4, 0.5) is 0 Å². The van der Waals surface area contributed by atoms with E-state index in [-0.39, 0.29) is 25.4 Å². The van der Waals surface area contributed by atoms with Crippen molar-refractivity contribution in [1.29, 1.82) is 0 Å². The zero-order valence-corrected chi connectivity index (χ0v) is 13.4. The molecule has 114 valence electrons. The minimum Gasteiger partial charge on any atom is -0.468 e. The molecule has 0 aliphatic heterocycles. The minimum atomic E-state index is -0.596. The fraction of sp³-hybridized carbons (Fsp3) is 0.357. The summed E-state index contributed by atoms with van der Waals surface area (Å²) >= 11 is 3.32. The van der Waals surface area contributed by atoms with E-state index in [1.807, 2.05) is 6.07 Å². The summed E-state index contributed by atoms with van der Waals surface area (Å²) < 4.78 is 9.89. The Kier molecular flexibility index (Phi) is 6.87. The molecule has 6 nitrogen and oxygen atoms in total. The monoisotopic (exact) mass is 357 g/mol. The maximum atomic E-state index is 12.2. The number of ether oxygens (including phenoxy) is 2. The molecule has 0 aromatic heterocycles. The van der Waals surface area contributed by atoms with Crippen LogP contribution >= 0.6 is 15.9 Å². The highest BCUT2D eigenvalue weighted by Gasteiger charge is 2.21. The summed E-state index contributed by atoms with van der Waals surface area (Å²) in [6, 6.07) is 7.23. The Bertz CT molecular complexity index is 514. The number of hydrogen-bond acceptors (Lipinski definition) is 5. The van der Waals surface area contributed by atoms with Crippen LogP contribution in [-0.2, 0) is 30.3 Å². The zero-order valence-electron chi connectivity index (χ0n) is 11.8. The van der Waals surface area contributed by atoms with Crippen molar-refractivity contribution >= 4 is 33.8 Å². The lowest BCUT2D eigenvalue weighted by molar-refractivity contribution is -0.151. The van der Waals surface area contributed by atoms with Crippen LogP contribution in [0.5, 0.6) is 0 Å². The number of amides is 1. The number of benzene rings is 1. The van der Waals surface area contributed by atoms with Crippen LogP contribution in [0, 0.1) is 0 Å². The van der Waals surface area contributed by atoms with Gasteiger partial charge in [0.25, 0.3) is 0 Å². The second-order valence-corrected chi connectivity index (χ2v) is 5.12. The molecule has 0 bridgehead atoms. The maximum absolute atomic E-state index is 12.2. The van der Waals surface area contributed by atoms with E-state index in [2.05, 4.69) is 25.4 Å². The van der Waals surface area contributed by atoms with E-state index in [0.29, 0.717) is 0 Å². The zero-order chi connectivity index (χ0) is 15.8. The molecule has 0 spiro atoms. The molecular weight excluding hydrogens is 342 g/mol. The van der Waals surface area contributed by atoms with E-state index in [1.165, 1.54) is 14.2 Å². The number of hydrogen-bond donors (Lipinski definition) is 0. The Labute approximate surface area is 131 Å². The first-order valence-corrected chi connectivity index (χ1v) is 6.91. The third-order valence-corrected chi connectivity index (χ3v) is 3.19. The number of halogens is 1. The van der Waals surface area contributed by atoms with Gasteiger partial charge < -0.3 is 14.4 Å². The molecule has 0 heterocycles. The van der Waals surface area contributed by atoms with Crippen molar-refractivity contribution in [3.63, 3.8) is 0 Å². The van der Waals surface area contributed by atoms with Gasteiger partial charge in [0, 0.05) is 4.47 Å². The average molecular weight is 358 g/mol. The summed E-state index contributed by atoms with van der Waals surface area (Å²) in [6.45, 7) is -0.586. The first kappa shape index (κ1) is 17.2. The van der Waals surface area contributed by atoms with Crippen LogP contribution < -0.4 is 0 Å². The molecule has 0 saturated heterocycles. The molecule has 0 radical (unpaired) electrons. The molecule has 21 heavy (non-hydrogen) atoms. The number of nitrogens with zero attached hydrogens (tertiary/aromatic N) is 1. The highest BCUT2D eigenvalue weighted by atomic mass is 79.9. The SMILES string of the molecule is COC(=O)CN(CC(=O)OC)C(=O)Cc1cccc(Br)c1. The van der Waals surface area contributed by atoms with Crippen molar-refractivity contribution < 1.29 is 23.9 Å². The van der Waals surface area contributed by atoms with Gasteiger partial charge in [-0.15, -0.1) is 0 Å². The van der Waals surface area contributed by atoms with Crippen molar-refractivity contribution in [2.24, 2.45) is 0 Å². The molecule has 0 atom stereocenters. The summed E-state index contributed by atoms with van der Waals surface area (Å²) in [5.74, 6) is -1.55. The quantitative estimate of drug-likeness (QED) is 0.714. The van der Waals surface area contributed by atoms with Crippen LogP contribution in [-0.4, -0.2) is 50.1 Å². The smallest absolute Gasteiger partial charge is 0.325 e. The number of esters is 2. The molecule has 0 aliphatic carbocycles. The summed E-state index contributed by atoms with van der Waals surface area (Å²) in [4.78, 5) is 36.0. The van der Waals surface area contributed by atoms with Gasteiger partial charge in [0.2, 0.25) is 5.91 Å². The first-order chi connectivity index (χ1) is 9.96. The van der Waals surface area contributed by atoms with Gasteiger partial charge in [0.15, 0.2) is 0 Å². The molecule has 1 amide bonds. The minimum absolute atomic E-state index is 0.0768. The molecule has 7 heteroatoms. The maximum Gasteiger partial charge on any atom is 0.325 e. The van der Waals surface area contributed by atoms with E-state index in [1.54, 1.807) is 18.2 Å². The van der Waals surface area contributed by atoms with Crippen LogP contribution in [0.2, 0.25) is 0 Å². The lowest BCUT2D eigenvalue weighted by Crippen LogP contribution is -2.41. The van der Waals surface area contributed by atoms with Crippen molar-refractivity contribution in [3.05, 3.63) is 34.3 Å². The fourth-order valence-electron chi connectivity index (χ4n) is 1.61. The normalized spacial score (nSPS) is 9.86. The summed E-state index contributed by atoms with van der Waals surface area (Å²) in [6.07, 6.45) is 0.0768. The van der Waals surface area contributed by atoms with E-state index in [0.717, 1.165) is 14.9 Å². The van der Waals surface area contributed by atoms with Crippen LogP contribution in [0.3, 0.4) is 0 Å². The number of carbonyl (C=O) groups excluding carboxylic acids is 3. The molecule has 0 N–H and O–H groups in total. The summed E-state index contributed by atoms with van der Waals surface area (Å²) in [5, 5.41) is 0. The molecular formula is C14H16BrNO5. The Balaban J connectivity index is 2.78. The number of methoxy groups -OCH3 is 2. The average Bonchev–Trinajstić information content (AvgIpc) is 2.46. The van der Waals surface area contributed by atoms with Gasteiger partial charge in [-0.1, -0.05) is 28.1 Å². The van der Waals surface area contributed by atoms with Gasteiger partial charge in [0.05, 0.1) is 20.6 Å². The lowest BCUT2D eigenvalue weighted by Gasteiger charge is -2.20. The molecule has 1 aromatic carbocycles. The van der Waals surface area contributed by atoms with Crippen molar-refractivity contribution in [1.82, 2.24) is 4.90 Å². The van der Waals surface area contributed by atoms with Crippen molar-refractivity contribution in [2.75, 3.05) is 27.3 Å². The molecule has 0 fully saturated rings. The van der Waals surface area contributed by atoms with Gasteiger partial charge in [-0.2, -0.15) is 0 Å². The van der Waals surface area contributed by atoms with E-state index >= 15 is 0 Å². The van der Waals surface area contributed by atoms with Gasteiger partial charge in [0.1, 0.15) is 13.1 Å². The second-order valence-electron chi connectivity index (χ2n) is 4.21. The molecule has 0 aliphatic rings. The molecule has 0 unspecified atom stereocenters. The second kappa shape index (κ2) is 8.41. The first-order valence-electron chi connectivity index (χ1n) is 6.12. The third kappa shape index (κ3) is 5.95. The van der Waals surface area contributed by atoms with Crippen molar-refractivity contribution in [2.45, 2.75) is 6.42 Å². The Morgan fingerprint density at radius 3 is 2.14 bits per heavy atom. The predicted octanol–water partition coefficient (Wildman–Crippen LogP) is 1.17. The Morgan fingerprint density at radius 2 is 1.67 bits per heavy atom. The van der Waals surface area contributed by atoms with Gasteiger partial charge in [-0.05, 0) is 17.7 Å². The summed E-state index contributed by atoms with van der Waals surface area (Å²) in [7, 11) is 2.44. The highest BCUT2D eigenvalue weighted by molar-refractivity contribution is 9.10. The van der Waals surface area contributed by atoms with Crippen LogP contribution in [0.25, 0.3) is 0 Å². The van der Waals surface area contributed by atoms with Crippen LogP contribution in [0.15, 0.2) is 28.7 Å². The van der Waals surface area contributed by atoms with Gasteiger partial charge in [-0.3, -0.25) is 14.4 Å². The molecule has 1 rings (SSSR count). The van der Waals surface area contributed by atoms with E-state index in [4.69, 9.17) is 0 Å².